The van der Waals surface area contributed by atoms with Crippen LogP contribution in [0.5, 0.6) is 0 Å². The molecule has 1 heterocycles. The van der Waals surface area contributed by atoms with Crippen molar-refractivity contribution in [2.24, 2.45) is 0 Å². The summed E-state index contributed by atoms with van der Waals surface area (Å²) in [6, 6.07) is 4.77. The molecule has 23 heavy (non-hydrogen) atoms. The fraction of sp³-hybridized carbons (Fsp3) is 0. The molecule has 0 atom stereocenters. The topological polar surface area (TPSA) is 179 Å². The average molecular weight is 319 g/mol. The zero-order chi connectivity index (χ0) is 17.0. The van der Waals surface area contributed by atoms with Gasteiger partial charge in [-0.15, -0.1) is 0 Å². The molecule has 1 aromatic heterocycles. The number of non-ortho nitro benzene ring substituents is 1. The van der Waals surface area contributed by atoms with Crippen LogP contribution in [0.2, 0.25) is 0 Å². The highest BCUT2D eigenvalue weighted by molar-refractivity contribution is 5.95. The van der Waals surface area contributed by atoms with E-state index in [0.29, 0.717) is 0 Å². The Labute approximate surface area is 127 Å². The summed E-state index contributed by atoms with van der Waals surface area (Å²) in [7, 11) is 0. The standard InChI is InChI=1S/C11H9N7O5/c12-9-8(18(22)23)10(14-5-13-9)15-16-11(19)6-1-3-7(4-2-6)17(20)21/h1-5H,(H,16,19)(H3,12,13,14,15). The highest BCUT2D eigenvalue weighted by Gasteiger charge is 2.21. The van der Waals surface area contributed by atoms with E-state index in [-0.39, 0.29) is 22.9 Å². The van der Waals surface area contributed by atoms with Gasteiger partial charge in [0.25, 0.3) is 11.6 Å². The second kappa shape index (κ2) is 6.30. The first kappa shape index (κ1) is 15.6. The van der Waals surface area contributed by atoms with Crippen LogP contribution >= 0.6 is 0 Å². The molecule has 12 nitrogen and oxygen atoms in total. The number of nitrogen functional groups attached to an aromatic ring is 1. The molecular weight excluding hydrogens is 310 g/mol. The number of nitro groups is 2. The van der Waals surface area contributed by atoms with Crippen molar-refractivity contribution in [2.75, 3.05) is 11.2 Å². The number of nitrogens with two attached hydrogens (primary N) is 1. The van der Waals surface area contributed by atoms with Gasteiger partial charge >= 0.3 is 5.69 Å². The van der Waals surface area contributed by atoms with Crippen molar-refractivity contribution in [3.8, 4) is 0 Å². The summed E-state index contributed by atoms with van der Waals surface area (Å²) >= 11 is 0. The maximum atomic E-state index is 11.9. The number of aromatic nitrogens is 2. The number of nitrogens with zero attached hydrogens (tertiary/aromatic N) is 4. The van der Waals surface area contributed by atoms with E-state index in [2.05, 4.69) is 20.8 Å². The van der Waals surface area contributed by atoms with Gasteiger partial charge in [-0.25, -0.2) is 9.97 Å². The molecular formula is C11H9N7O5. The van der Waals surface area contributed by atoms with Crippen molar-refractivity contribution in [3.63, 3.8) is 0 Å². The lowest BCUT2D eigenvalue weighted by Gasteiger charge is -2.08. The van der Waals surface area contributed by atoms with Gasteiger partial charge < -0.3 is 5.73 Å². The minimum absolute atomic E-state index is 0.104. The Morgan fingerprint density at radius 1 is 1.09 bits per heavy atom. The maximum absolute atomic E-state index is 11.9. The van der Waals surface area contributed by atoms with Gasteiger partial charge in [-0.3, -0.25) is 35.9 Å². The molecule has 0 saturated carbocycles. The van der Waals surface area contributed by atoms with Crippen LogP contribution in [0.15, 0.2) is 30.6 Å². The van der Waals surface area contributed by atoms with Gasteiger partial charge in [0.1, 0.15) is 6.33 Å². The van der Waals surface area contributed by atoms with Gasteiger partial charge in [0, 0.05) is 17.7 Å². The first-order chi connectivity index (χ1) is 10.9. The predicted molar refractivity (Wildman–Crippen MR) is 77.3 cm³/mol. The number of anilines is 2. The van der Waals surface area contributed by atoms with Crippen LogP contribution in [-0.2, 0) is 0 Å². The number of amides is 1. The predicted octanol–water partition coefficient (Wildman–Crippen LogP) is 0.632. The summed E-state index contributed by atoms with van der Waals surface area (Å²) in [4.78, 5) is 39.0. The van der Waals surface area contributed by atoms with Crippen LogP contribution in [0.1, 0.15) is 10.4 Å². The molecule has 1 amide bonds. The third-order valence-corrected chi connectivity index (χ3v) is 2.67. The van der Waals surface area contributed by atoms with Crippen LogP contribution < -0.4 is 16.6 Å². The highest BCUT2D eigenvalue weighted by atomic mass is 16.6. The van der Waals surface area contributed by atoms with Gasteiger partial charge in [0.05, 0.1) is 9.85 Å². The lowest BCUT2D eigenvalue weighted by Crippen LogP contribution is -2.30. The van der Waals surface area contributed by atoms with E-state index >= 15 is 0 Å². The lowest BCUT2D eigenvalue weighted by atomic mass is 10.2. The summed E-state index contributed by atoms with van der Waals surface area (Å²) in [5, 5.41) is 21.4. The van der Waals surface area contributed by atoms with Crippen LogP contribution in [0, 0.1) is 20.2 Å². The van der Waals surface area contributed by atoms with Gasteiger partial charge in [-0.2, -0.15) is 0 Å². The molecule has 0 spiro atoms. The number of benzene rings is 1. The van der Waals surface area contributed by atoms with Gasteiger partial charge in [0.15, 0.2) is 0 Å². The Bertz CT molecular complexity index is 777. The Balaban J connectivity index is 2.12. The van der Waals surface area contributed by atoms with Crippen LogP contribution in [-0.4, -0.2) is 25.7 Å². The normalized spacial score (nSPS) is 9.91. The monoisotopic (exact) mass is 319 g/mol. The molecule has 1 aromatic carbocycles. The third kappa shape index (κ3) is 3.44. The number of carbonyl (C=O) groups is 1. The van der Waals surface area contributed by atoms with E-state index in [1.807, 2.05) is 0 Å². The number of hydrazine groups is 1. The number of hydrogen-bond acceptors (Lipinski definition) is 9. The molecule has 0 aliphatic heterocycles. The average Bonchev–Trinajstić information content (AvgIpc) is 2.52. The van der Waals surface area contributed by atoms with Crippen LogP contribution in [0.4, 0.5) is 23.0 Å². The van der Waals surface area contributed by atoms with Gasteiger partial charge in [0.2, 0.25) is 11.6 Å². The molecule has 0 unspecified atom stereocenters. The van der Waals surface area contributed by atoms with Crippen molar-refractivity contribution in [1.29, 1.82) is 0 Å². The molecule has 2 aromatic rings. The Morgan fingerprint density at radius 3 is 2.30 bits per heavy atom. The molecule has 0 aliphatic rings. The smallest absolute Gasteiger partial charge is 0.354 e. The fourth-order valence-corrected chi connectivity index (χ4v) is 1.59. The molecule has 0 radical (unpaired) electrons. The van der Waals surface area contributed by atoms with Crippen LogP contribution in [0.3, 0.4) is 0 Å². The minimum atomic E-state index is -0.796. The third-order valence-electron chi connectivity index (χ3n) is 2.67. The Kier molecular flexibility index (Phi) is 4.26. The number of nitrogens with one attached hydrogen (secondary N) is 2. The first-order valence-electron chi connectivity index (χ1n) is 5.96. The van der Waals surface area contributed by atoms with Crippen molar-refractivity contribution in [2.45, 2.75) is 0 Å². The molecule has 0 aliphatic carbocycles. The zero-order valence-corrected chi connectivity index (χ0v) is 11.3. The largest absolute Gasteiger partial charge is 0.378 e. The molecule has 0 saturated heterocycles. The lowest BCUT2D eigenvalue weighted by molar-refractivity contribution is -0.384. The fourth-order valence-electron chi connectivity index (χ4n) is 1.59. The minimum Gasteiger partial charge on any atom is -0.378 e. The van der Waals surface area contributed by atoms with E-state index in [1.54, 1.807) is 0 Å². The quantitative estimate of drug-likeness (QED) is 0.526. The van der Waals surface area contributed by atoms with Crippen molar-refractivity contribution >= 4 is 28.9 Å². The Morgan fingerprint density at radius 2 is 1.74 bits per heavy atom. The Hall–Kier alpha value is -3.83. The first-order valence-corrected chi connectivity index (χ1v) is 5.96. The number of rotatable bonds is 5. The van der Waals surface area contributed by atoms with E-state index in [4.69, 9.17) is 5.73 Å². The van der Waals surface area contributed by atoms with E-state index in [1.165, 1.54) is 12.1 Å². The summed E-state index contributed by atoms with van der Waals surface area (Å²) in [5.41, 5.74) is 9.16. The van der Waals surface area contributed by atoms with E-state index in [9.17, 15) is 25.0 Å². The number of hydrogen-bond donors (Lipinski definition) is 3. The molecule has 118 valence electrons. The zero-order valence-electron chi connectivity index (χ0n) is 11.3. The van der Waals surface area contributed by atoms with Gasteiger partial charge in [-0.05, 0) is 12.1 Å². The maximum Gasteiger partial charge on any atom is 0.354 e. The van der Waals surface area contributed by atoms with E-state index < -0.39 is 21.4 Å². The van der Waals surface area contributed by atoms with Gasteiger partial charge in [-0.1, -0.05) is 0 Å². The second-order valence-electron chi connectivity index (χ2n) is 4.10. The van der Waals surface area contributed by atoms with Crippen molar-refractivity contribution < 1.29 is 14.6 Å². The van der Waals surface area contributed by atoms with Crippen molar-refractivity contribution in [3.05, 3.63) is 56.4 Å². The van der Waals surface area contributed by atoms with Crippen molar-refractivity contribution in [1.82, 2.24) is 15.4 Å². The molecule has 12 heteroatoms. The highest BCUT2D eigenvalue weighted by Crippen LogP contribution is 2.25. The molecule has 0 fully saturated rings. The second-order valence-corrected chi connectivity index (χ2v) is 4.10. The van der Waals surface area contributed by atoms with E-state index in [0.717, 1.165) is 18.5 Å². The summed E-state index contributed by atoms with van der Waals surface area (Å²) in [6.45, 7) is 0. The number of nitro benzene ring substituents is 1. The molecule has 0 bridgehead atoms. The number of carbonyl (C=O) groups excluding carboxylic acids is 1. The molecule has 4 N–H and O–H groups in total. The molecule has 2 rings (SSSR count). The summed E-state index contributed by atoms with van der Waals surface area (Å²) in [6.07, 6.45) is 0.989. The summed E-state index contributed by atoms with van der Waals surface area (Å²) < 4.78 is 0. The summed E-state index contributed by atoms with van der Waals surface area (Å²) in [5.74, 6) is -1.33. The SMILES string of the molecule is Nc1ncnc(NNC(=O)c2ccc([N+](=O)[O-])cc2)c1[N+](=O)[O-]. The van der Waals surface area contributed by atoms with Crippen LogP contribution in [0.25, 0.3) is 0 Å².